The van der Waals surface area contributed by atoms with E-state index >= 15 is 0 Å². The quantitative estimate of drug-likeness (QED) is 0.391. The highest BCUT2D eigenvalue weighted by atomic mass is 35.5. The van der Waals surface area contributed by atoms with E-state index in [9.17, 15) is 4.79 Å². The second-order valence-electron chi connectivity index (χ2n) is 3.68. The van der Waals surface area contributed by atoms with Gasteiger partial charge in [0.05, 0.1) is 0 Å². The van der Waals surface area contributed by atoms with Gasteiger partial charge >= 0.3 is 0 Å². The number of hydrogen-bond donors (Lipinski definition) is 2. The van der Waals surface area contributed by atoms with E-state index < -0.39 is 5.91 Å². The van der Waals surface area contributed by atoms with Crippen LogP contribution in [0, 0.1) is 0 Å². The Kier molecular flexibility index (Phi) is 4.49. The first-order valence-electron chi connectivity index (χ1n) is 5.43. The maximum atomic E-state index is 11.9. The van der Waals surface area contributed by atoms with Crippen LogP contribution in [0.5, 0.6) is 0 Å². The molecule has 1 amide bonds. The van der Waals surface area contributed by atoms with E-state index in [-0.39, 0.29) is 21.7 Å². The largest absolute Gasteiger partial charge is 0.382 e. The van der Waals surface area contributed by atoms with Crippen molar-refractivity contribution >= 4 is 34.9 Å². The number of carbonyl (C=O) groups excluding carboxylic acids is 1. The molecular formula is C12H9Cl2N5O. The molecule has 0 spiro atoms. The molecule has 2 aromatic heterocycles. The Morgan fingerprint density at radius 1 is 1.15 bits per heavy atom. The summed E-state index contributed by atoms with van der Waals surface area (Å²) in [6.07, 6.45) is 3.14. The van der Waals surface area contributed by atoms with E-state index in [2.05, 4.69) is 20.5 Å². The fraction of sp³-hybridized carbons (Fsp3) is 0. The zero-order chi connectivity index (χ0) is 14.5. The van der Waals surface area contributed by atoms with Gasteiger partial charge in [-0.15, -0.1) is 0 Å². The predicted octanol–water partition coefficient (Wildman–Crippen LogP) is 1.83. The van der Waals surface area contributed by atoms with Gasteiger partial charge < -0.3 is 5.73 Å². The van der Waals surface area contributed by atoms with Crippen molar-refractivity contribution in [1.29, 1.82) is 0 Å². The summed E-state index contributed by atoms with van der Waals surface area (Å²) >= 11 is 11.4. The first-order chi connectivity index (χ1) is 9.56. The van der Waals surface area contributed by atoms with Crippen LogP contribution in [0.1, 0.15) is 15.9 Å². The number of rotatable bonds is 3. The van der Waals surface area contributed by atoms with Gasteiger partial charge in [0.2, 0.25) is 0 Å². The Bertz CT molecular complexity index is 640. The van der Waals surface area contributed by atoms with E-state index in [1.165, 1.54) is 12.1 Å². The summed E-state index contributed by atoms with van der Waals surface area (Å²) in [5.74, 6) is -0.333. The van der Waals surface area contributed by atoms with Crippen LogP contribution in [0.25, 0.3) is 0 Å². The second-order valence-corrected chi connectivity index (χ2v) is 4.45. The van der Waals surface area contributed by atoms with Gasteiger partial charge in [0.25, 0.3) is 5.91 Å². The summed E-state index contributed by atoms with van der Waals surface area (Å²) < 4.78 is 0. The van der Waals surface area contributed by atoms with Crippen molar-refractivity contribution in [3.05, 3.63) is 58.1 Å². The number of nitrogens with one attached hydrogen (secondary N) is 1. The highest BCUT2D eigenvalue weighted by molar-refractivity contribution is 6.33. The molecule has 0 fully saturated rings. The molecule has 20 heavy (non-hydrogen) atoms. The molecule has 3 N–H and O–H groups in total. The number of amidine groups is 1. The maximum Gasteiger partial charge on any atom is 0.271 e. The number of hydrogen-bond acceptors (Lipinski definition) is 4. The number of carbonyl (C=O) groups is 1. The van der Waals surface area contributed by atoms with E-state index in [0.717, 1.165) is 0 Å². The Hall–Kier alpha value is -2.18. The first kappa shape index (κ1) is 14.2. The Balaban J connectivity index is 2.12. The zero-order valence-electron chi connectivity index (χ0n) is 10.0. The Morgan fingerprint density at radius 3 is 2.35 bits per heavy atom. The van der Waals surface area contributed by atoms with E-state index in [1.54, 1.807) is 24.5 Å². The second kappa shape index (κ2) is 6.31. The van der Waals surface area contributed by atoms with Crippen molar-refractivity contribution < 1.29 is 4.79 Å². The maximum absolute atomic E-state index is 11.9. The highest BCUT2D eigenvalue weighted by Crippen LogP contribution is 2.14. The predicted molar refractivity (Wildman–Crippen MR) is 76.7 cm³/mol. The topological polar surface area (TPSA) is 93.3 Å². The van der Waals surface area contributed by atoms with Crippen LogP contribution < -0.4 is 11.2 Å². The number of pyridine rings is 2. The Labute approximate surface area is 124 Å². The molecule has 102 valence electrons. The van der Waals surface area contributed by atoms with Crippen LogP contribution in [0.4, 0.5) is 0 Å². The molecule has 0 saturated heterocycles. The molecule has 2 heterocycles. The van der Waals surface area contributed by atoms with Crippen molar-refractivity contribution in [1.82, 2.24) is 15.4 Å². The fourth-order valence-corrected chi connectivity index (χ4v) is 1.82. The number of aromatic nitrogens is 2. The van der Waals surface area contributed by atoms with Gasteiger partial charge in [0.1, 0.15) is 10.3 Å². The summed E-state index contributed by atoms with van der Waals surface area (Å²) in [5, 5.41) is 4.03. The van der Waals surface area contributed by atoms with Crippen LogP contribution in [0.2, 0.25) is 10.3 Å². The van der Waals surface area contributed by atoms with Crippen LogP contribution in [0.3, 0.4) is 0 Å². The van der Waals surface area contributed by atoms with Gasteiger partial charge in [0.15, 0.2) is 5.84 Å². The lowest BCUT2D eigenvalue weighted by molar-refractivity contribution is 0.0954. The van der Waals surface area contributed by atoms with Crippen LogP contribution in [0.15, 0.2) is 41.8 Å². The molecule has 0 radical (unpaired) electrons. The minimum atomic E-state index is -0.492. The first-order valence-corrected chi connectivity index (χ1v) is 6.19. The van der Waals surface area contributed by atoms with Gasteiger partial charge in [-0.3, -0.25) is 9.78 Å². The normalized spacial score (nSPS) is 11.2. The van der Waals surface area contributed by atoms with Gasteiger partial charge in [0, 0.05) is 23.5 Å². The summed E-state index contributed by atoms with van der Waals surface area (Å²) in [7, 11) is 0. The average Bonchev–Trinajstić information content (AvgIpc) is 2.44. The lowest BCUT2D eigenvalue weighted by Crippen LogP contribution is -2.24. The summed E-state index contributed by atoms with van der Waals surface area (Å²) in [6.45, 7) is 0. The molecule has 2 aromatic rings. The molecule has 2 rings (SSSR count). The molecule has 0 bridgehead atoms. The smallest absolute Gasteiger partial charge is 0.271 e. The Morgan fingerprint density at radius 2 is 1.75 bits per heavy atom. The molecule has 6 nitrogen and oxygen atoms in total. The zero-order valence-corrected chi connectivity index (χ0v) is 11.6. The van der Waals surface area contributed by atoms with Crippen molar-refractivity contribution in [2.24, 2.45) is 10.8 Å². The van der Waals surface area contributed by atoms with Gasteiger partial charge in [-0.2, -0.15) is 5.10 Å². The minimum absolute atomic E-state index is 0.119. The van der Waals surface area contributed by atoms with E-state index in [1.807, 2.05) is 0 Å². The molecule has 0 aliphatic rings. The third-order valence-electron chi connectivity index (χ3n) is 2.28. The number of nitrogens with two attached hydrogens (primary N) is 1. The fourth-order valence-electron chi connectivity index (χ4n) is 1.36. The van der Waals surface area contributed by atoms with Gasteiger partial charge in [-0.1, -0.05) is 23.2 Å². The number of halogens is 2. The van der Waals surface area contributed by atoms with Crippen molar-refractivity contribution in [2.45, 2.75) is 0 Å². The molecule has 0 aliphatic carbocycles. The van der Waals surface area contributed by atoms with Crippen LogP contribution in [-0.2, 0) is 0 Å². The third-order valence-corrected chi connectivity index (χ3v) is 2.67. The van der Waals surface area contributed by atoms with Gasteiger partial charge in [-0.05, 0) is 24.3 Å². The van der Waals surface area contributed by atoms with Crippen molar-refractivity contribution in [3.8, 4) is 0 Å². The number of hydrazone groups is 1. The van der Waals surface area contributed by atoms with Crippen LogP contribution in [-0.4, -0.2) is 21.7 Å². The molecule has 0 saturated carbocycles. The minimum Gasteiger partial charge on any atom is -0.382 e. The SMILES string of the molecule is N/C(=N\NC(=O)c1cc(Cl)nc(Cl)c1)c1ccncc1. The lowest BCUT2D eigenvalue weighted by Gasteiger charge is -2.03. The molecule has 0 unspecified atom stereocenters. The molecule has 0 aliphatic heterocycles. The van der Waals surface area contributed by atoms with Crippen LogP contribution >= 0.6 is 23.2 Å². The average molecular weight is 310 g/mol. The summed E-state index contributed by atoms with van der Waals surface area (Å²) in [6, 6.07) is 6.10. The molecule has 8 heteroatoms. The number of nitrogens with zero attached hydrogens (tertiary/aromatic N) is 3. The molecule has 0 aromatic carbocycles. The highest BCUT2D eigenvalue weighted by Gasteiger charge is 2.08. The van der Waals surface area contributed by atoms with E-state index in [0.29, 0.717) is 5.56 Å². The molecular weight excluding hydrogens is 301 g/mol. The van der Waals surface area contributed by atoms with Crippen molar-refractivity contribution in [3.63, 3.8) is 0 Å². The lowest BCUT2D eigenvalue weighted by atomic mass is 10.2. The third kappa shape index (κ3) is 3.66. The summed E-state index contributed by atoms with van der Waals surface area (Å²) in [4.78, 5) is 19.5. The molecule has 0 atom stereocenters. The monoisotopic (exact) mass is 309 g/mol. The van der Waals surface area contributed by atoms with Gasteiger partial charge in [-0.25, -0.2) is 10.4 Å². The summed E-state index contributed by atoms with van der Waals surface area (Å²) in [5.41, 5.74) is 8.92. The van der Waals surface area contributed by atoms with Crippen molar-refractivity contribution in [2.75, 3.05) is 0 Å². The van der Waals surface area contributed by atoms with E-state index in [4.69, 9.17) is 28.9 Å². The number of amides is 1. The standard InChI is InChI=1S/C12H9Cl2N5O/c13-9-5-8(6-10(14)17-9)12(20)19-18-11(15)7-1-3-16-4-2-7/h1-6H,(H2,15,18)(H,19,20).